The number of fused-ring (bicyclic) bond motifs is 8. The van der Waals surface area contributed by atoms with Gasteiger partial charge in [0.05, 0.1) is 23.0 Å². The Morgan fingerprint density at radius 2 is 1.19 bits per heavy atom. The molecule has 62 heavy (non-hydrogen) atoms. The first-order valence-corrected chi connectivity index (χ1v) is 21.7. The van der Waals surface area contributed by atoms with E-state index in [1.54, 1.807) is 0 Å². The molecule has 0 spiro atoms. The summed E-state index contributed by atoms with van der Waals surface area (Å²) in [4.78, 5) is 16.2. The first kappa shape index (κ1) is 36.1. The number of aromatic nitrogens is 1. The Morgan fingerprint density at radius 3 is 2.00 bits per heavy atom. The molecule has 1 atom stereocenters. The average Bonchev–Trinajstić information content (AvgIpc) is 3.87. The molecule has 1 aliphatic heterocycles. The average molecular weight is 812 g/mol. The quantitative estimate of drug-likeness (QED) is 0.157. The van der Waals surface area contributed by atoms with Gasteiger partial charge < -0.3 is 4.42 Å². The summed E-state index contributed by atoms with van der Waals surface area (Å²) in [6.45, 7) is 4.62. The van der Waals surface area contributed by atoms with Crippen molar-refractivity contribution in [1.29, 1.82) is 0 Å². The number of hydrogen-bond donors (Lipinski definition) is 0. The zero-order valence-corrected chi connectivity index (χ0v) is 34.4. The molecule has 4 heterocycles. The molecule has 292 valence electrons. The number of hydrogen-bond acceptors (Lipinski definition) is 5. The lowest BCUT2D eigenvalue weighted by atomic mass is 9.93. The van der Waals surface area contributed by atoms with Gasteiger partial charge in [0, 0.05) is 59.4 Å². The fourth-order valence-electron chi connectivity index (χ4n) is 9.05. The number of pyridine rings is 1. The number of nitrogens with zero attached hydrogens (tertiary/aromatic N) is 3. The van der Waals surface area contributed by atoms with Gasteiger partial charge in [0.15, 0.2) is 5.84 Å². The van der Waals surface area contributed by atoms with E-state index in [2.05, 4.69) is 183 Å². The molecule has 0 bridgehead atoms. The van der Waals surface area contributed by atoms with E-state index < -0.39 is 0 Å². The minimum absolute atomic E-state index is 0.288. The Kier molecular flexibility index (Phi) is 8.61. The highest BCUT2D eigenvalue weighted by molar-refractivity contribution is 7.26. The Balaban J connectivity index is 0.953. The van der Waals surface area contributed by atoms with Gasteiger partial charge in [-0.05, 0) is 51.6 Å². The van der Waals surface area contributed by atoms with E-state index in [0.717, 1.165) is 83.4 Å². The predicted molar refractivity (Wildman–Crippen MR) is 261 cm³/mol. The third kappa shape index (κ3) is 6.17. The van der Waals surface area contributed by atoms with E-state index in [1.807, 2.05) is 29.5 Å². The highest BCUT2D eigenvalue weighted by Gasteiger charge is 2.24. The molecule has 0 saturated heterocycles. The summed E-state index contributed by atoms with van der Waals surface area (Å²) in [5, 5.41) is 5.82. The highest BCUT2D eigenvalue weighted by atomic mass is 32.1. The molecule has 0 N–H and O–H groups in total. The van der Waals surface area contributed by atoms with Gasteiger partial charge in [0.2, 0.25) is 0 Å². The summed E-state index contributed by atoms with van der Waals surface area (Å²) >= 11 is 1.84. The van der Waals surface area contributed by atoms with Crippen molar-refractivity contribution < 1.29 is 4.42 Å². The highest BCUT2D eigenvalue weighted by Crippen LogP contribution is 2.44. The number of rotatable bonds is 6. The fraction of sp³-hybridized carbons (Fsp3) is 0.0351. The summed E-state index contributed by atoms with van der Waals surface area (Å²) in [5.41, 5.74) is 14.3. The first-order chi connectivity index (χ1) is 30.6. The number of benzene rings is 8. The summed E-state index contributed by atoms with van der Waals surface area (Å²) in [5.74, 6) is 0.681. The SMILES string of the molecule is C=C1CC(c2ccccc2)=NC(c2ccc(-c3nc4cc(-c5ccccc5)ccc4c4sc5ccccc5c34)cc2)=NC1c1ccc(-c2cccc3c2oc2ccccc23)cc1. The molecule has 0 radical (unpaired) electrons. The van der Waals surface area contributed by atoms with Crippen LogP contribution in [0.5, 0.6) is 0 Å². The van der Waals surface area contributed by atoms with Crippen LogP contribution < -0.4 is 0 Å². The van der Waals surface area contributed by atoms with Crippen LogP contribution in [-0.4, -0.2) is 16.5 Å². The molecule has 8 aromatic carbocycles. The van der Waals surface area contributed by atoms with E-state index in [4.69, 9.17) is 19.4 Å². The second-order valence-electron chi connectivity index (χ2n) is 16.0. The molecule has 0 aliphatic carbocycles. The largest absolute Gasteiger partial charge is 0.455 e. The van der Waals surface area contributed by atoms with Crippen molar-refractivity contribution in [3.8, 4) is 33.5 Å². The lowest BCUT2D eigenvalue weighted by molar-refractivity contribution is 0.670. The maximum atomic E-state index is 6.39. The smallest absolute Gasteiger partial charge is 0.155 e. The number of para-hydroxylation sites is 2. The number of thiophene rings is 1. The van der Waals surface area contributed by atoms with Gasteiger partial charge in [0.25, 0.3) is 0 Å². The van der Waals surface area contributed by atoms with Crippen LogP contribution in [0.2, 0.25) is 0 Å². The summed E-state index contributed by atoms with van der Waals surface area (Å²) in [7, 11) is 0. The third-order valence-corrected chi connectivity index (χ3v) is 13.4. The zero-order chi connectivity index (χ0) is 41.1. The fourth-order valence-corrected chi connectivity index (χ4v) is 10.3. The van der Waals surface area contributed by atoms with Gasteiger partial charge in [-0.2, -0.15) is 0 Å². The lowest BCUT2D eigenvalue weighted by Gasteiger charge is -2.16. The standard InChI is InChI=1S/C57H37N3OS/c1-35-33-48(38-15-6-3-7-16-38)59-57(60-53(35)39-25-23-37(24-26-39)43-19-12-20-45-44-17-8-10-21-50(44)61-55(43)45)41-29-27-40(28-30-41)54-52-47-18-9-11-22-51(47)62-56(52)46-32-31-42(34-49(46)58-54)36-13-4-2-5-14-36/h2-32,34,53H,1,33H2. The van der Waals surface area contributed by atoms with Crippen LogP contribution in [0.3, 0.4) is 0 Å². The molecule has 0 amide bonds. The van der Waals surface area contributed by atoms with Crippen LogP contribution in [0.1, 0.15) is 29.2 Å². The molecule has 4 nitrogen and oxygen atoms in total. The van der Waals surface area contributed by atoms with Crippen LogP contribution >= 0.6 is 11.3 Å². The van der Waals surface area contributed by atoms with Gasteiger partial charge in [-0.25, -0.2) is 9.98 Å². The molecule has 5 heteroatoms. The second-order valence-corrected chi connectivity index (χ2v) is 17.0. The predicted octanol–water partition coefficient (Wildman–Crippen LogP) is 15.4. The minimum Gasteiger partial charge on any atom is -0.455 e. The monoisotopic (exact) mass is 811 g/mol. The Bertz CT molecular complexity index is 3600. The van der Waals surface area contributed by atoms with E-state index in [0.29, 0.717) is 12.3 Å². The van der Waals surface area contributed by atoms with Crippen molar-refractivity contribution in [2.75, 3.05) is 0 Å². The van der Waals surface area contributed by atoms with Gasteiger partial charge >= 0.3 is 0 Å². The summed E-state index contributed by atoms with van der Waals surface area (Å²) < 4.78 is 8.90. The molecule has 0 saturated carbocycles. The molecule has 0 fully saturated rings. The normalized spacial score (nSPS) is 14.5. The molecule has 12 rings (SSSR count). The van der Waals surface area contributed by atoms with Crippen LogP contribution in [0.15, 0.2) is 221 Å². The Hall–Kier alpha value is -7.73. The topological polar surface area (TPSA) is 50.8 Å². The molecular weight excluding hydrogens is 775 g/mol. The van der Waals surface area contributed by atoms with Crippen molar-refractivity contribution in [2.24, 2.45) is 9.98 Å². The van der Waals surface area contributed by atoms with E-state index >= 15 is 0 Å². The molecule has 1 unspecified atom stereocenters. The zero-order valence-electron chi connectivity index (χ0n) is 33.6. The lowest BCUT2D eigenvalue weighted by Crippen LogP contribution is -2.05. The number of amidine groups is 1. The van der Waals surface area contributed by atoms with Crippen LogP contribution in [-0.2, 0) is 0 Å². The van der Waals surface area contributed by atoms with E-state index in [-0.39, 0.29) is 6.04 Å². The first-order valence-electron chi connectivity index (χ1n) is 20.9. The second kappa shape index (κ2) is 14.8. The van der Waals surface area contributed by atoms with Crippen LogP contribution in [0, 0.1) is 0 Å². The van der Waals surface area contributed by atoms with E-state index in [1.165, 1.54) is 31.1 Å². The van der Waals surface area contributed by atoms with Crippen LogP contribution in [0.4, 0.5) is 0 Å². The number of aliphatic imine (C=N–C) groups is 2. The Morgan fingerprint density at radius 1 is 0.532 bits per heavy atom. The van der Waals surface area contributed by atoms with Crippen molar-refractivity contribution in [3.63, 3.8) is 0 Å². The summed E-state index contributed by atoms with van der Waals surface area (Å²) in [6.07, 6.45) is 0.606. The van der Waals surface area contributed by atoms with Gasteiger partial charge in [-0.1, -0.05) is 183 Å². The van der Waals surface area contributed by atoms with Crippen molar-refractivity contribution in [2.45, 2.75) is 12.5 Å². The van der Waals surface area contributed by atoms with Crippen molar-refractivity contribution >= 4 is 75.9 Å². The number of furan rings is 1. The van der Waals surface area contributed by atoms with E-state index in [9.17, 15) is 0 Å². The van der Waals surface area contributed by atoms with Crippen molar-refractivity contribution in [1.82, 2.24) is 4.98 Å². The molecule has 11 aromatic rings. The van der Waals surface area contributed by atoms with Crippen molar-refractivity contribution in [3.05, 3.63) is 223 Å². The van der Waals surface area contributed by atoms with Gasteiger partial charge in [-0.15, -0.1) is 11.3 Å². The Labute approximate surface area is 362 Å². The maximum absolute atomic E-state index is 6.39. The molecule has 1 aliphatic rings. The third-order valence-electron chi connectivity index (χ3n) is 12.2. The summed E-state index contributed by atoms with van der Waals surface area (Å²) in [6, 6.07) is 67.9. The maximum Gasteiger partial charge on any atom is 0.155 e. The molecule has 3 aromatic heterocycles. The molecular formula is C57H37N3OS. The van der Waals surface area contributed by atoms with Gasteiger partial charge in [0.1, 0.15) is 11.2 Å². The van der Waals surface area contributed by atoms with Gasteiger partial charge in [-0.3, -0.25) is 4.99 Å². The van der Waals surface area contributed by atoms with Crippen LogP contribution in [0.25, 0.3) is 86.5 Å². The minimum atomic E-state index is -0.288.